The molecule has 0 aliphatic carbocycles. The minimum atomic E-state index is -4.71. The summed E-state index contributed by atoms with van der Waals surface area (Å²) in [6.45, 7) is 9.97. The second kappa shape index (κ2) is 16.7. The number of imide groups is 2. The van der Waals surface area contributed by atoms with E-state index in [9.17, 15) is 41.9 Å². The Hall–Kier alpha value is -7.67. The average Bonchev–Trinajstić information content (AvgIpc) is 3.59. The van der Waals surface area contributed by atoms with Crippen LogP contribution >= 0.6 is 0 Å². The molecular weight excluding hydrogens is 810 g/mol. The van der Waals surface area contributed by atoms with Gasteiger partial charge in [-0.1, -0.05) is 54.1 Å². The van der Waals surface area contributed by atoms with E-state index < -0.39 is 41.1 Å². The van der Waals surface area contributed by atoms with Crippen LogP contribution in [0.15, 0.2) is 109 Å². The highest BCUT2D eigenvalue weighted by atomic mass is 19.4. The van der Waals surface area contributed by atoms with Crippen LogP contribution in [0.5, 0.6) is 0 Å². The fourth-order valence-corrected chi connectivity index (χ4v) is 7.55. The van der Waals surface area contributed by atoms with Crippen molar-refractivity contribution in [1.29, 1.82) is 0 Å². The van der Waals surface area contributed by atoms with Crippen LogP contribution in [0.25, 0.3) is 22.3 Å². The summed E-state index contributed by atoms with van der Waals surface area (Å²) in [7, 11) is 2.75. The van der Waals surface area contributed by atoms with Crippen LogP contribution in [0.4, 0.5) is 24.5 Å². The number of fused-ring (bicyclic) bond motifs is 2. The number of hydrogen-bond donors (Lipinski definition) is 2. The molecule has 2 aliphatic heterocycles. The molecular formula is C50H41F3N4O6. The first-order valence-electron chi connectivity index (χ1n) is 19.8. The lowest BCUT2D eigenvalue weighted by molar-refractivity contribution is -0.136. The van der Waals surface area contributed by atoms with E-state index in [1.807, 2.05) is 51.1 Å². The number of halogens is 3. The number of nitrogens with zero attached hydrogens (tertiary/aromatic N) is 2. The van der Waals surface area contributed by atoms with Crippen molar-refractivity contribution in [2.45, 2.75) is 40.8 Å². The molecule has 13 heteroatoms. The van der Waals surface area contributed by atoms with E-state index >= 15 is 0 Å². The molecule has 0 bridgehead atoms. The molecule has 0 spiro atoms. The van der Waals surface area contributed by atoms with Gasteiger partial charge in [0, 0.05) is 30.9 Å². The van der Waals surface area contributed by atoms with Crippen molar-refractivity contribution in [3.05, 3.63) is 176 Å². The number of anilines is 2. The summed E-state index contributed by atoms with van der Waals surface area (Å²) in [5.74, 6) is -2.96. The predicted molar refractivity (Wildman–Crippen MR) is 234 cm³/mol. The van der Waals surface area contributed by atoms with E-state index in [2.05, 4.69) is 42.7 Å². The predicted octanol–water partition coefficient (Wildman–Crippen LogP) is 10.2. The summed E-state index contributed by atoms with van der Waals surface area (Å²) < 4.78 is 41.5. The maximum absolute atomic E-state index is 13.8. The Morgan fingerprint density at radius 1 is 0.460 bits per heavy atom. The number of alkyl halides is 3. The molecule has 318 valence electrons. The first-order valence-corrected chi connectivity index (χ1v) is 19.8. The van der Waals surface area contributed by atoms with Crippen molar-refractivity contribution >= 4 is 46.8 Å². The molecule has 0 unspecified atom stereocenters. The number of carbonyl (C=O) groups is 6. The molecule has 0 fully saturated rings. The number of amides is 6. The third-order valence-corrected chi connectivity index (χ3v) is 11.3. The zero-order valence-electron chi connectivity index (χ0n) is 35.4. The Labute approximate surface area is 361 Å². The Morgan fingerprint density at radius 3 is 1.46 bits per heavy atom. The van der Waals surface area contributed by atoms with Crippen LogP contribution in [0.2, 0.25) is 0 Å². The van der Waals surface area contributed by atoms with Gasteiger partial charge >= 0.3 is 6.18 Å². The SMILES string of the molecule is Cc1ccc(-c2ccc(NC(=O)c3ccc4c(c3)C(=O)N(C)C4=O)c(C(F)(F)F)c2)cc1C.Cc1ccc(-c2ccc(NC(=O)c3ccc4c(c3)C(=O)N(C)C4=O)cc2C)c(C)c1. The van der Waals surface area contributed by atoms with Gasteiger partial charge in [-0.3, -0.25) is 38.6 Å². The quantitative estimate of drug-likeness (QED) is 0.160. The van der Waals surface area contributed by atoms with Crippen LogP contribution in [0.1, 0.15) is 95.5 Å². The number of carbonyl (C=O) groups excluding carboxylic acids is 6. The largest absolute Gasteiger partial charge is 0.418 e. The molecule has 6 aromatic carbocycles. The van der Waals surface area contributed by atoms with E-state index in [-0.39, 0.29) is 34.1 Å². The third-order valence-electron chi connectivity index (χ3n) is 11.3. The second-order valence-electron chi connectivity index (χ2n) is 15.7. The maximum atomic E-state index is 13.8. The fourth-order valence-electron chi connectivity index (χ4n) is 7.55. The summed E-state index contributed by atoms with van der Waals surface area (Å²) in [6.07, 6.45) is -4.71. The molecule has 6 aromatic rings. The van der Waals surface area contributed by atoms with Crippen LogP contribution < -0.4 is 10.6 Å². The summed E-state index contributed by atoms with van der Waals surface area (Å²) >= 11 is 0. The van der Waals surface area contributed by atoms with Gasteiger partial charge in [0.1, 0.15) is 0 Å². The highest BCUT2D eigenvalue weighted by molar-refractivity contribution is 6.23. The second-order valence-corrected chi connectivity index (χ2v) is 15.7. The lowest BCUT2D eigenvalue weighted by Crippen LogP contribution is -2.24. The third kappa shape index (κ3) is 8.50. The molecule has 0 saturated heterocycles. The number of nitrogens with one attached hydrogen (secondary N) is 2. The number of hydrogen-bond acceptors (Lipinski definition) is 6. The topological polar surface area (TPSA) is 133 Å². The van der Waals surface area contributed by atoms with Gasteiger partial charge in [0.25, 0.3) is 35.4 Å². The van der Waals surface area contributed by atoms with Crippen LogP contribution in [-0.2, 0) is 6.18 Å². The molecule has 0 saturated carbocycles. The minimum Gasteiger partial charge on any atom is -0.322 e. The molecule has 2 heterocycles. The molecule has 2 aliphatic rings. The number of rotatable bonds is 6. The number of benzene rings is 6. The van der Waals surface area contributed by atoms with Gasteiger partial charge in [-0.15, -0.1) is 0 Å². The van der Waals surface area contributed by atoms with Gasteiger partial charge in [-0.05, 0) is 140 Å². The molecule has 2 N–H and O–H groups in total. The van der Waals surface area contributed by atoms with Gasteiger partial charge in [-0.2, -0.15) is 13.2 Å². The first kappa shape index (κ1) is 43.4. The smallest absolute Gasteiger partial charge is 0.322 e. The minimum absolute atomic E-state index is 0.0310. The summed E-state index contributed by atoms with van der Waals surface area (Å²) in [6, 6.07) is 29.7. The first-order chi connectivity index (χ1) is 29.7. The summed E-state index contributed by atoms with van der Waals surface area (Å²) in [4.78, 5) is 75.8. The van der Waals surface area contributed by atoms with E-state index in [4.69, 9.17) is 0 Å². The van der Waals surface area contributed by atoms with E-state index in [1.54, 1.807) is 12.1 Å². The van der Waals surface area contributed by atoms with Crippen LogP contribution in [0.3, 0.4) is 0 Å². The lowest BCUT2D eigenvalue weighted by Gasteiger charge is -2.16. The van der Waals surface area contributed by atoms with Gasteiger partial charge in [0.2, 0.25) is 0 Å². The van der Waals surface area contributed by atoms with E-state index in [0.29, 0.717) is 27.9 Å². The van der Waals surface area contributed by atoms with Gasteiger partial charge in [0.15, 0.2) is 0 Å². The maximum Gasteiger partial charge on any atom is 0.418 e. The Kier molecular flexibility index (Phi) is 11.5. The van der Waals surface area contributed by atoms with Gasteiger partial charge in [-0.25, -0.2) is 0 Å². The Bertz CT molecular complexity index is 2960. The zero-order chi connectivity index (χ0) is 45.7. The van der Waals surface area contributed by atoms with E-state index in [0.717, 1.165) is 38.1 Å². The van der Waals surface area contributed by atoms with Crippen molar-refractivity contribution in [1.82, 2.24) is 9.80 Å². The van der Waals surface area contributed by atoms with Crippen molar-refractivity contribution in [3.8, 4) is 22.3 Å². The summed E-state index contributed by atoms with van der Waals surface area (Å²) in [5, 5.41) is 5.17. The molecule has 8 rings (SSSR count). The van der Waals surface area contributed by atoms with Crippen molar-refractivity contribution < 1.29 is 41.9 Å². The van der Waals surface area contributed by atoms with Gasteiger partial charge in [0.05, 0.1) is 33.5 Å². The monoisotopic (exact) mass is 850 g/mol. The van der Waals surface area contributed by atoms with Crippen molar-refractivity contribution in [2.24, 2.45) is 0 Å². The highest BCUT2D eigenvalue weighted by Crippen LogP contribution is 2.38. The van der Waals surface area contributed by atoms with Crippen LogP contribution in [-0.4, -0.2) is 59.3 Å². The van der Waals surface area contributed by atoms with Crippen LogP contribution in [0, 0.1) is 34.6 Å². The summed E-state index contributed by atoms with van der Waals surface area (Å²) in [5.41, 5.74) is 9.11. The van der Waals surface area contributed by atoms with Crippen molar-refractivity contribution in [3.63, 3.8) is 0 Å². The standard InChI is InChI=1S/C25H19F3N2O3.C25H22N2O3/c1-13-4-5-15(10-14(13)2)16-7-9-21(20(12-16)25(26,27)28)29-22(31)17-6-8-18-19(11-17)24(33)30(3)23(18)32;1-14-5-8-19(15(2)11-14)20-10-7-18(12-16(20)3)26-23(28)17-6-9-21-22(13-17)25(30)27(4)24(21)29/h4-12H,1-3H3,(H,29,31);5-13H,1-4H3,(H,26,28). The molecule has 10 nitrogen and oxygen atoms in total. The molecule has 6 amide bonds. The lowest BCUT2D eigenvalue weighted by atomic mass is 9.95. The van der Waals surface area contributed by atoms with E-state index in [1.165, 1.54) is 73.3 Å². The molecule has 0 aromatic heterocycles. The fraction of sp³-hybridized carbons (Fsp3) is 0.160. The van der Waals surface area contributed by atoms with Gasteiger partial charge < -0.3 is 10.6 Å². The normalized spacial score (nSPS) is 13.1. The molecule has 63 heavy (non-hydrogen) atoms. The van der Waals surface area contributed by atoms with Crippen molar-refractivity contribution in [2.75, 3.05) is 24.7 Å². The molecule has 0 atom stereocenters. The molecule has 0 radical (unpaired) electrons. The Morgan fingerprint density at radius 2 is 0.937 bits per heavy atom. The zero-order valence-corrected chi connectivity index (χ0v) is 35.4. The number of aryl methyl sites for hydroxylation is 5. The highest BCUT2D eigenvalue weighted by Gasteiger charge is 2.36. The average molecular weight is 851 g/mol. The Balaban J connectivity index is 0.000000190.